The fourth-order valence-corrected chi connectivity index (χ4v) is 5.37. The number of nitrogens with one attached hydrogen (secondary N) is 2. The van der Waals surface area contributed by atoms with Crippen molar-refractivity contribution in [3.63, 3.8) is 0 Å². The van der Waals surface area contributed by atoms with E-state index in [1.807, 2.05) is 32.9 Å². The monoisotopic (exact) mass is 600 g/mol. The molecule has 0 fully saturated rings. The van der Waals surface area contributed by atoms with Crippen molar-refractivity contribution in [2.75, 3.05) is 10.0 Å². The minimum atomic E-state index is -4.05. The molecule has 0 spiro atoms. The number of sulfonamides is 1. The normalized spacial score (nSPS) is 12.0. The quantitative estimate of drug-likeness (QED) is 0.190. The third-order valence-corrected chi connectivity index (χ3v) is 8.22. The van der Waals surface area contributed by atoms with E-state index < -0.39 is 16.0 Å². The van der Waals surface area contributed by atoms with Crippen molar-refractivity contribution in [3.05, 3.63) is 113 Å². The van der Waals surface area contributed by atoms with Crippen molar-refractivity contribution >= 4 is 33.3 Å². The van der Waals surface area contributed by atoms with Gasteiger partial charge in [-0.3, -0.25) is 9.52 Å². The Balaban J connectivity index is 1.49. The smallest absolute Gasteiger partial charge is 0.337 e. The Hall–Kier alpha value is -4.63. The summed E-state index contributed by atoms with van der Waals surface area (Å²) >= 11 is 0. The van der Waals surface area contributed by atoms with E-state index in [4.69, 9.17) is 4.74 Å². The summed E-state index contributed by atoms with van der Waals surface area (Å²) in [5.41, 5.74) is 2.53. The van der Waals surface area contributed by atoms with Gasteiger partial charge in [0, 0.05) is 17.3 Å². The number of rotatable bonds is 8. The van der Waals surface area contributed by atoms with Gasteiger partial charge in [0.2, 0.25) is 0 Å². The number of hydrogen-bond donors (Lipinski definition) is 3. The third kappa shape index (κ3) is 7.81. The zero-order valence-electron chi connectivity index (χ0n) is 25.1. The second kappa shape index (κ2) is 11.9. The molecule has 0 aliphatic carbocycles. The number of anilines is 2. The van der Waals surface area contributed by atoms with Gasteiger partial charge in [-0.25, -0.2) is 13.2 Å². The van der Waals surface area contributed by atoms with Gasteiger partial charge < -0.3 is 15.2 Å². The Bertz CT molecular complexity index is 1750. The molecule has 0 bridgehead atoms. The van der Waals surface area contributed by atoms with E-state index >= 15 is 0 Å². The molecule has 9 heteroatoms. The molecule has 4 aromatic rings. The zero-order valence-corrected chi connectivity index (χ0v) is 25.9. The molecular formula is C34H36N2O6S. The number of benzene rings is 4. The van der Waals surface area contributed by atoms with E-state index in [0.717, 1.165) is 11.1 Å². The summed E-state index contributed by atoms with van der Waals surface area (Å²) in [6.45, 7) is 12.4. The topological polar surface area (TPSA) is 122 Å². The average molecular weight is 601 g/mol. The van der Waals surface area contributed by atoms with E-state index in [1.54, 1.807) is 48.5 Å². The van der Waals surface area contributed by atoms with Crippen LogP contribution in [0.25, 0.3) is 0 Å². The molecule has 0 aliphatic heterocycles. The summed E-state index contributed by atoms with van der Waals surface area (Å²) in [5.74, 6) is -1.08. The van der Waals surface area contributed by atoms with Gasteiger partial charge in [0.15, 0.2) is 0 Å². The van der Waals surface area contributed by atoms with Gasteiger partial charge in [-0.15, -0.1) is 0 Å². The Labute approximate surface area is 252 Å². The van der Waals surface area contributed by atoms with E-state index in [9.17, 15) is 23.1 Å². The molecule has 1 amide bonds. The Morgan fingerprint density at radius 3 is 1.84 bits per heavy atom. The van der Waals surface area contributed by atoms with Crippen LogP contribution in [0, 0.1) is 0 Å². The third-order valence-electron chi connectivity index (χ3n) is 6.84. The highest BCUT2D eigenvalue weighted by molar-refractivity contribution is 7.92. The van der Waals surface area contributed by atoms with Crippen LogP contribution in [0.2, 0.25) is 0 Å². The van der Waals surface area contributed by atoms with Crippen LogP contribution in [0.15, 0.2) is 95.9 Å². The van der Waals surface area contributed by atoms with Gasteiger partial charge in [-0.1, -0.05) is 71.9 Å². The lowest BCUT2D eigenvalue weighted by Crippen LogP contribution is -2.16. The standard InChI is InChI=1S/C34H36N2O6S/c1-33(2,3)23-12-10-22(11-13-23)31(37)35-25-8-7-9-26(20-25)42-27-16-19-30(29(21-27)32(38)39)36-43(40,41)28-17-14-24(15-18-28)34(4,5)6/h7-21,36H,1-6H3,(H,35,37)(H,38,39). The lowest BCUT2D eigenvalue weighted by Gasteiger charge is -2.19. The number of amides is 1. The van der Waals surface area contributed by atoms with Crippen LogP contribution < -0.4 is 14.8 Å². The van der Waals surface area contributed by atoms with Crippen molar-refractivity contribution in [3.8, 4) is 11.5 Å². The molecule has 4 aromatic carbocycles. The summed E-state index contributed by atoms with van der Waals surface area (Å²) in [6, 6.07) is 24.6. The first-order chi connectivity index (χ1) is 20.0. The van der Waals surface area contributed by atoms with E-state index in [0.29, 0.717) is 17.0 Å². The zero-order chi connectivity index (χ0) is 31.6. The maximum atomic E-state index is 13.0. The first-order valence-corrected chi connectivity index (χ1v) is 15.2. The summed E-state index contributed by atoms with van der Waals surface area (Å²) < 4.78 is 34.3. The highest BCUT2D eigenvalue weighted by Gasteiger charge is 2.21. The lowest BCUT2D eigenvalue weighted by molar-refractivity contribution is 0.0697. The number of aromatic carboxylic acids is 1. The SMILES string of the molecule is CC(C)(C)c1ccc(C(=O)Nc2cccc(Oc3ccc(NS(=O)(=O)c4ccc(C(C)(C)C)cc4)c(C(=O)O)c3)c2)cc1. The molecule has 0 radical (unpaired) electrons. The van der Waals surface area contributed by atoms with Crippen LogP contribution in [0.4, 0.5) is 11.4 Å². The number of hydrogen-bond acceptors (Lipinski definition) is 5. The second-order valence-corrected chi connectivity index (χ2v) is 14.0. The molecule has 43 heavy (non-hydrogen) atoms. The summed E-state index contributed by atoms with van der Waals surface area (Å²) in [7, 11) is -4.05. The second-order valence-electron chi connectivity index (χ2n) is 12.3. The van der Waals surface area contributed by atoms with Gasteiger partial charge in [0.1, 0.15) is 11.5 Å². The lowest BCUT2D eigenvalue weighted by atomic mass is 9.87. The molecular weight excluding hydrogens is 564 g/mol. The molecule has 224 valence electrons. The first kappa shape index (κ1) is 31.3. The van der Waals surface area contributed by atoms with Gasteiger partial charge >= 0.3 is 5.97 Å². The number of carbonyl (C=O) groups excluding carboxylic acids is 1. The summed E-state index contributed by atoms with van der Waals surface area (Å²) in [6.07, 6.45) is 0. The first-order valence-electron chi connectivity index (χ1n) is 13.7. The minimum absolute atomic E-state index is 0.0150. The molecule has 8 nitrogen and oxygen atoms in total. The van der Waals surface area contributed by atoms with Crippen LogP contribution in [-0.2, 0) is 20.9 Å². The van der Waals surface area contributed by atoms with Gasteiger partial charge in [-0.2, -0.15) is 0 Å². The largest absolute Gasteiger partial charge is 0.478 e. The van der Waals surface area contributed by atoms with Crippen LogP contribution in [-0.4, -0.2) is 25.4 Å². The van der Waals surface area contributed by atoms with Crippen molar-refractivity contribution in [1.29, 1.82) is 0 Å². The molecule has 0 heterocycles. The van der Waals surface area contributed by atoms with Crippen molar-refractivity contribution < 1.29 is 27.9 Å². The fraction of sp³-hybridized carbons (Fsp3) is 0.235. The molecule has 0 saturated carbocycles. The number of carbonyl (C=O) groups is 2. The molecule has 0 saturated heterocycles. The summed E-state index contributed by atoms with van der Waals surface area (Å²) in [4.78, 5) is 24.9. The molecule has 0 unspecified atom stereocenters. The predicted octanol–water partition coefficient (Wildman–Crippen LogP) is 7.83. The molecule has 4 rings (SSSR count). The number of carboxylic acids is 1. The molecule has 0 aliphatic rings. The predicted molar refractivity (Wildman–Crippen MR) is 169 cm³/mol. The van der Waals surface area contributed by atoms with E-state index in [2.05, 4.69) is 30.8 Å². The van der Waals surface area contributed by atoms with Crippen LogP contribution in [0.1, 0.15) is 73.4 Å². The van der Waals surface area contributed by atoms with E-state index in [-0.39, 0.29) is 38.6 Å². The van der Waals surface area contributed by atoms with E-state index in [1.165, 1.54) is 30.3 Å². The summed E-state index contributed by atoms with van der Waals surface area (Å²) in [5, 5.41) is 12.7. The van der Waals surface area contributed by atoms with Gasteiger partial charge in [-0.05, 0) is 76.6 Å². The van der Waals surface area contributed by atoms with Crippen LogP contribution in [0.3, 0.4) is 0 Å². The molecule has 0 aromatic heterocycles. The fourth-order valence-electron chi connectivity index (χ4n) is 4.29. The van der Waals surface area contributed by atoms with Gasteiger partial charge in [0.25, 0.3) is 15.9 Å². The Morgan fingerprint density at radius 2 is 1.28 bits per heavy atom. The average Bonchev–Trinajstić information content (AvgIpc) is 2.93. The maximum absolute atomic E-state index is 13.0. The van der Waals surface area contributed by atoms with Crippen molar-refractivity contribution in [1.82, 2.24) is 0 Å². The highest BCUT2D eigenvalue weighted by Crippen LogP contribution is 2.30. The number of ether oxygens (including phenoxy) is 1. The van der Waals surface area contributed by atoms with Crippen molar-refractivity contribution in [2.45, 2.75) is 57.3 Å². The van der Waals surface area contributed by atoms with Crippen LogP contribution in [0.5, 0.6) is 11.5 Å². The Morgan fingerprint density at radius 1 is 0.721 bits per heavy atom. The highest BCUT2D eigenvalue weighted by atomic mass is 32.2. The van der Waals surface area contributed by atoms with Gasteiger partial charge in [0.05, 0.1) is 16.1 Å². The maximum Gasteiger partial charge on any atom is 0.337 e. The molecule has 0 atom stereocenters. The molecule has 3 N–H and O–H groups in total. The minimum Gasteiger partial charge on any atom is -0.478 e. The Kier molecular flexibility index (Phi) is 8.69. The van der Waals surface area contributed by atoms with Crippen molar-refractivity contribution in [2.24, 2.45) is 0 Å². The van der Waals surface area contributed by atoms with Crippen LogP contribution >= 0.6 is 0 Å². The number of carboxylic acid groups (broad SMARTS) is 1.